The maximum atomic E-state index is 9.19. The molecule has 3 aromatic rings. The first-order valence-corrected chi connectivity index (χ1v) is 8.37. The van der Waals surface area contributed by atoms with Gasteiger partial charge in [-0.15, -0.1) is 0 Å². The predicted octanol–water partition coefficient (Wildman–Crippen LogP) is 4.97. The van der Waals surface area contributed by atoms with Crippen LogP contribution in [0.1, 0.15) is 38.9 Å². The summed E-state index contributed by atoms with van der Waals surface area (Å²) < 4.78 is 0. The van der Waals surface area contributed by atoms with Crippen molar-refractivity contribution >= 4 is 0 Å². The van der Waals surface area contributed by atoms with Crippen molar-refractivity contribution in [1.29, 1.82) is 5.26 Å². The van der Waals surface area contributed by atoms with Crippen molar-refractivity contribution in [3.63, 3.8) is 0 Å². The van der Waals surface area contributed by atoms with Gasteiger partial charge >= 0.3 is 0 Å². The van der Waals surface area contributed by atoms with Gasteiger partial charge in [0.2, 0.25) is 0 Å². The van der Waals surface area contributed by atoms with Gasteiger partial charge in [0.25, 0.3) is 0 Å². The maximum Gasteiger partial charge on any atom is 0.100 e. The van der Waals surface area contributed by atoms with Crippen LogP contribution in [0.25, 0.3) is 0 Å². The lowest BCUT2D eigenvalue weighted by molar-refractivity contribution is 1.32. The van der Waals surface area contributed by atoms with Crippen LogP contribution in [0.5, 0.6) is 0 Å². The minimum absolute atomic E-state index is 0.582. The fourth-order valence-electron chi connectivity index (χ4n) is 2.55. The second-order valence-corrected chi connectivity index (χ2v) is 5.95. The highest BCUT2D eigenvalue weighted by Crippen LogP contribution is 2.13. The van der Waals surface area contributed by atoms with E-state index in [2.05, 4.69) is 49.7 Å². The number of hydrogen-bond acceptors (Lipinski definition) is 1. The highest BCUT2D eigenvalue weighted by molar-refractivity contribution is 5.57. The first kappa shape index (κ1) is 17.1. The molecule has 0 spiro atoms. The third-order valence-electron chi connectivity index (χ3n) is 4.24. The molecule has 0 heterocycles. The molecule has 1 heteroatoms. The largest absolute Gasteiger partial charge is 0.192 e. The summed E-state index contributed by atoms with van der Waals surface area (Å²) >= 11 is 0. The first-order chi connectivity index (χ1) is 12.7. The van der Waals surface area contributed by atoms with E-state index < -0.39 is 0 Å². The molecule has 0 bridgehead atoms. The lowest BCUT2D eigenvalue weighted by atomic mass is 10.0. The molecule has 0 amide bonds. The van der Waals surface area contributed by atoms with Crippen molar-refractivity contribution in [1.82, 2.24) is 0 Å². The Bertz CT molecular complexity index is 1120. The quantitative estimate of drug-likeness (QED) is 0.533. The monoisotopic (exact) mass is 331 g/mol. The van der Waals surface area contributed by atoms with Gasteiger partial charge in [-0.25, -0.2) is 0 Å². The van der Waals surface area contributed by atoms with Crippen molar-refractivity contribution in [3.05, 3.63) is 106 Å². The molecule has 0 unspecified atom stereocenters. The minimum Gasteiger partial charge on any atom is -0.192 e. The lowest BCUT2D eigenvalue weighted by Crippen LogP contribution is -1.88. The molecular weight excluding hydrogens is 314 g/mol. The van der Waals surface area contributed by atoms with Gasteiger partial charge in [0, 0.05) is 22.3 Å². The summed E-state index contributed by atoms with van der Waals surface area (Å²) in [6, 6.07) is 23.5. The van der Waals surface area contributed by atoms with Crippen LogP contribution < -0.4 is 0 Å². The van der Waals surface area contributed by atoms with Gasteiger partial charge in [-0.1, -0.05) is 60.1 Å². The van der Waals surface area contributed by atoms with Gasteiger partial charge < -0.3 is 0 Å². The van der Waals surface area contributed by atoms with Gasteiger partial charge in [-0.05, 0) is 55.3 Å². The zero-order valence-electron chi connectivity index (χ0n) is 14.8. The zero-order valence-corrected chi connectivity index (χ0v) is 14.8. The highest BCUT2D eigenvalue weighted by atomic mass is 14.2. The van der Waals surface area contributed by atoms with Crippen molar-refractivity contribution in [2.24, 2.45) is 0 Å². The van der Waals surface area contributed by atoms with E-state index in [9.17, 15) is 5.26 Å². The summed E-state index contributed by atoms with van der Waals surface area (Å²) in [4.78, 5) is 0. The van der Waals surface area contributed by atoms with Crippen molar-refractivity contribution < 1.29 is 0 Å². The standard InChI is InChI=1S/C25H17N/c1-19-8-7-13-21(20(19)2)14-15-22-9-3-4-10-23(22)16-17-24-11-5-6-12-25(24)18-26/h3-13H,1-2H3. The molecular formula is C25H17N. The van der Waals surface area contributed by atoms with E-state index in [0.717, 1.165) is 22.3 Å². The fraction of sp³-hybridized carbons (Fsp3) is 0.0800. The molecule has 0 aliphatic rings. The molecule has 1 nitrogen and oxygen atoms in total. The van der Waals surface area contributed by atoms with Crippen LogP contribution in [0.3, 0.4) is 0 Å². The third kappa shape index (κ3) is 3.84. The number of hydrogen-bond donors (Lipinski definition) is 0. The Morgan fingerprint density at radius 2 is 0.962 bits per heavy atom. The van der Waals surface area contributed by atoms with E-state index in [1.54, 1.807) is 6.07 Å². The Morgan fingerprint density at radius 3 is 1.50 bits per heavy atom. The van der Waals surface area contributed by atoms with Gasteiger partial charge in [0.05, 0.1) is 5.56 Å². The Labute approximate surface area is 154 Å². The molecule has 0 aliphatic carbocycles. The van der Waals surface area contributed by atoms with E-state index in [0.29, 0.717) is 5.56 Å². The average Bonchev–Trinajstić information content (AvgIpc) is 2.68. The normalized spacial score (nSPS) is 9.27. The van der Waals surface area contributed by atoms with E-state index in [-0.39, 0.29) is 0 Å². The molecule has 122 valence electrons. The minimum atomic E-state index is 0.582. The van der Waals surface area contributed by atoms with Crippen LogP contribution in [0.4, 0.5) is 0 Å². The second kappa shape index (κ2) is 7.90. The predicted molar refractivity (Wildman–Crippen MR) is 105 cm³/mol. The number of benzene rings is 3. The molecule has 0 aromatic heterocycles. The Kier molecular flexibility index (Phi) is 5.19. The molecule has 3 aromatic carbocycles. The summed E-state index contributed by atoms with van der Waals surface area (Å²) in [5, 5.41) is 9.19. The van der Waals surface area contributed by atoms with Crippen LogP contribution in [-0.2, 0) is 0 Å². The van der Waals surface area contributed by atoms with E-state index in [1.807, 2.05) is 54.6 Å². The third-order valence-corrected chi connectivity index (χ3v) is 4.24. The summed E-state index contributed by atoms with van der Waals surface area (Å²) in [5.41, 5.74) is 6.52. The molecule has 26 heavy (non-hydrogen) atoms. The van der Waals surface area contributed by atoms with E-state index in [1.165, 1.54) is 11.1 Å². The summed E-state index contributed by atoms with van der Waals surface area (Å²) in [7, 11) is 0. The van der Waals surface area contributed by atoms with Crippen LogP contribution in [-0.4, -0.2) is 0 Å². The zero-order chi connectivity index (χ0) is 18.4. The molecule has 0 saturated heterocycles. The van der Waals surface area contributed by atoms with E-state index >= 15 is 0 Å². The Hall–Kier alpha value is -3.73. The number of rotatable bonds is 0. The summed E-state index contributed by atoms with van der Waals surface area (Å²) in [5.74, 6) is 12.8. The van der Waals surface area contributed by atoms with Gasteiger partial charge in [0.15, 0.2) is 0 Å². The second-order valence-electron chi connectivity index (χ2n) is 5.95. The molecule has 0 saturated carbocycles. The number of aryl methyl sites for hydroxylation is 1. The van der Waals surface area contributed by atoms with Crippen molar-refractivity contribution in [3.8, 4) is 29.8 Å². The van der Waals surface area contributed by atoms with Crippen LogP contribution >= 0.6 is 0 Å². The molecule has 0 fully saturated rings. The summed E-state index contributed by atoms with van der Waals surface area (Å²) in [6.07, 6.45) is 0. The highest BCUT2D eigenvalue weighted by Gasteiger charge is 1.99. The number of nitrogens with zero attached hydrogens (tertiary/aromatic N) is 1. The molecule has 0 aliphatic heterocycles. The topological polar surface area (TPSA) is 23.8 Å². The average molecular weight is 331 g/mol. The van der Waals surface area contributed by atoms with Gasteiger partial charge in [-0.3, -0.25) is 0 Å². The van der Waals surface area contributed by atoms with E-state index in [4.69, 9.17) is 0 Å². The molecule has 0 N–H and O–H groups in total. The summed E-state index contributed by atoms with van der Waals surface area (Å²) in [6.45, 7) is 4.18. The Balaban J connectivity index is 1.99. The van der Waals surface area contributed by atoms with Crippen LogP contribution in [0, 0.1) is 48.9 Å². The fourth-order valence-corrected chi connectivity index (χ4v) is 2.55. The Morgan fingerprint density at radius 1 is 0.538 bits per heavy atom. The van der Waals surface area contributed by atoms with Crippen molar-refractivity contribution in [2.45, 2.75) is 13.8 Å². The molecule has 3 rings (SSSR count). The molecule has 0 atom stereocenters. The van der Waals surface area contributed by atoms with Gasteiger partial charge in [0.1, 0.15) is 6.07 Å². The van der Waals surface area contributed by atoms with Crippen LogP contribution in [0.15, 0.2) is 66.7 Å². The smallest absolute Gasteiger partial charge is 0.100 e. The SMILES string of the molecule is Cc1cccc(C#Cc2ccccc2C#Cc2ccccc2C#N)c1C. The maximum absolute atomic E-state index is 9.19. The first-order valence-electron chi connectivity index (χ1n) is 8.37. The van der Waals surface area contributed by atoms with Crippen LogP contribution in [0.2, 0.25) is 0 Å². The van der Waals surface area contributed by atoms with Gasteiger partial charge in [-0.2, -0.15) is 5.26 Å². The molecule has 0 radical (unpaired) electrons. The number of nitriles is 1. The lowest BCUT2D eigenvalue weighted by Gasteiger charge is -2.01. The van der Waals surface area contributed by atoms with Crippen molar-refractivity contribution in [2.75, 3.05) is 0 Å².